The summed E-state index contributed by atoms with van der Waals surface area (Å²) in [5.74, 6) is 0. The van der Waals surface area contributed by atoms with Gasteiger partial charge in [-0.25, -0.2) is 0 Å². The molecule has 0 radical (unpaired) electrons. The van der Waals surface area contributed by atoms with Crippen LogP contribution in [0.3, 0.4) is 0 Å². The van der Waals surface area contributed by atoms with E-state index < -0.39 is 0 Å². The van der Waals surface area contributed by atoms with E-state index in [4.69, 9.17) is 23.2 Å². The number of halogens is 2. The van der Waals surface area contributed by atoms with Crippen LogP contribution in [0.4, 0.5) is 0 Å². The van der Waals surface area contributed by atoms with E-state index in [9.17, 15) is 0 Å². The number of hydrogen-bond donors (Lipinski definition) is 0. The predicted octanol–water partition coefficient (Wildman–Crippen LogP) is 5.21. The van der Waals surface area contributed by atoms with Crippen molar-refractivity contribution in [3.8, 4) is 0 Å². The first-order chi connectivity index (χ1) is 11.3. The maximum atomic E-state index is 6.14. The Morgan fingerprint density at radius 1 is 0.583 bits per heavy atom. The second-order valence-electron chi connectivity index (χ2n) is 5.39. The van der Waals surface area contributed by atoms with E-state index in [-0.39, 0.29) is 0 Å². The van der Waals surface area contributed by atoms with Gasteiger partial charge in [-0.05, 0) is 52.0 Å². The summed E-state index contributed by atoms with van der Waals surface area (Å²) < 4.78 is 0. The molecule has 0 unspecified atom stereocenters. The Bertz CT molecular complexity index is 822. The van der Waals surface area contributed by atoms with Gasteiger partial charge in [-0.1, -0.05) is 23.2 Å². The highest BCUT2D eigenvalue weighted by Gasteiger charge is 2.02. The van der Waals surface area contributed by atoms with Gasteiger partial charge in [0.1, 0.15) is 0 Å². The average Bonchev–Trinajstić information content (AvgIpc) is 2.47. The molecule has 0 atom stereocenters. The Labute approximate surface area is 151 Å². The third-order valence-electron chi connectivity index (χ3n) is 3.07. The summed E-state index contributed by atoms with van der Waals surface area (Å²) >= 11 is 12.3. The highest BCUT2D eigenvalue weighted by Crippen LogP contribution is 2.25. The van der Waals surface area contributed by atoms with E-state index in [0.717, 1.165) is 22.8 Å². The molecule has 1 aromatic heterocycles. The monoisotopic (exact) mass is 360 g/mol. The number of rotatable bonds is 0. The lowest BCUT2D eigenvalue weighted by atomic mass is 10.3. The Morgan fingerprint density at radius 3 is 1.33 bits per heavy atom. The smallest absolute Gasteiger partial charge is 0.0905 e. The zero-order valence-corrected chi connectivity index (χ0v) is 15.5. The van der Waals surface area contributed by atoms with Gasteiger partial charge in [-0.3, -0.25) is 19.9 Å². The molecule has 6 heteroatoms. The molecule has 0 spiro atoms. The molecule has 2 rings (SSSR count). The van der Waals surface area contributed by atoms with Crippen LogP contribution < -0.4 is 0 Å². The maximum Gasteiger partial charge on any atom is 0.0905 e. The van der Waals surface area contributed by atoms with Crippen molar-refractivity contribution in [3.05, 3.63) is 69.5 Å². The molecule has 4 nitrogen and oxygen atoms in total. The van der Waals surface area contributed by atoms with E-state index in [0.29, 0.717) is 21.1 Å². The second-order valence-corrected chi connectivity index (χ2v) is 6.20. The van der Waals surface area contributed by atoms with Gasteiger partial charge in [0, 0.05) is 35.2 Å². The normalized spacial score (nSPS) is 10.1. The van der Waals surface area contributed by atoms with Crippen LogP contribution in [0.25, 0.3) is 11.0 Å². The predicted molar refractivity (Wildman–Crippen MR) is 99.4 cm³/mol. The first-order valence-electron chi connectivity index (χ1n) is 7.38. The second kappa shape index (κ2) is 8.18. The SMILES string of the molecule is Cc1cc(C)nc2cc(Cl)c(Cl)cc2nc(C)cc(C)nccn1. The zero-order valence-electron chi connectivity index (χ0n) is 14.0. The third kappa shape index (κ3) is 5.25. The van der Waals surface area contributed by atoms with Crippen LogP contribution in [-0.2, 0) is 0 Å². The lowest BCUT2D eigenvalue weighted by Crippen LogP contribution is -1.86. The van der Waals surface area contributed by atoms with Gasteiger partial charge in [0.05, 0.1) is 21.1 Å². The summed E-state index contributed by atoms with van der Waals surface area (Å²) in [5.41, 5.74) is 4.53. The van der Waals surface area contributed by atoms with E-state index in [1.54, 1.807) is 24.5 Å². The topological polar surface area (TPSA) is 51.6 Å². The molecule has 0 saturated heterocycles. The molecule has 24 heavy (non-hydrogen) atoms. The van der Waals surface area contributed by atoms with Gasteiger partial charge in [-0.2, -0.15) is 0 Å². The average molecular weight is 361 g/mol. The van der Waals surface area contributed by atoms with Crippen LogP contribution >= 0.6 is 23.2 Å². The van der Waals surface area contributed by atoms with Crippen LogP contribution in [0.5, 0.6) is 0 Å². The first-order valence-corrected chi connectivity index (χ1v) is 8.13. The number of fused-ring (bicyclic) bond motifs is 1. The quantitative estimate of drug-likeness (QED) is 0.646. The molecule has 0 aliphatic rings. The van der Waals surface area contributed by atoms with Gasteiger partial charge in [-0.15, -0.1) is 0 Å². The Hall–Kier alpha value is -2.04. The lowest BCUT2D eigenvalue weighted by molar-refractivity contribution is 1.13. The highest BCUT2D eigenvalue weighted by atomic mass is 35.5. The summed E-state index contributed by atoms with van der Waals surface area (Å²) in [7, 11) is 0. The van der Waals surface area contributed by atoms with Crippen molar-refractivity contribution in [1.82, 2.24) is 19.9 Å². The minimum Gasteiger partial charge on any atom is -0.260 e. The Balaban J connectivity index is 2.96. The minimum atomic E-state index is 0.441. The Morgan fingerprint density at radius 2 is 0.958 bits per heavy atom. The van der Waals surface area contributed by atoms with Gasteiger partial charge >= 0.3 is 0 Å². The van der Waals surface area contributed by atoms with Crippen molar-refractivity contribution in [2.24, 2.45) is 0 Å². The van der Waals surface area contributed by atoms with Crippen molar-refractivity contribution < 1.29 is 0 Å². The van der Waals surface area contributed by atoms with Crippen molar-refractivity contribution in [1.29, 1.82) is 0 Å². The van der Waals surface area contributed by atoms with Crippen LogP contribution in [0, 0.1) is 27.7 Å². The summed E-state index contributed by atoms with van der Waals surface area (Å²) in [5, 5.41) is 0.881. The molecule has 2 aromatic rings. The lowest BCUT2D eigenvalue weighted by Gasteiger charge is -1.99. The van der Waals surface area contributed by atoms with Crippen molar-refractivity contribution in [2.45, 2.75) is 27.7 Å². The molecule has 0 N–H and O–H groups in total. The van der Waals surface area contributed by atoms with E-state index >= 15 is 0 Å². The standard InChI is InChI=1S/C18H18Cl2N4/c1-11-7-13(3)23-17-9-15(19)16(20)10-18(17)24-14(4)8-12(2)22-6-5-21-11/h5-10H,1-4H3. The van der Waals surface area contributed by atoms with Crippen LogP contribution in [0.2, 0.25) is 10.0 Å². The van der Waals surface area contributed by atoms with Gasteiger partial charge < -0.3 is 0 Å². The maximum absolute atomic E-state index is 6.14. The summed E-state index contributed by atoms with van der Waals surface area (Å²) in [6, 6.07) is 7.18. The number of hydrogen-bond acceptors (Lipinski definition) is 4. The number of nitrogens with zero attached hydrogens (tertiary/aromatic N) is 4. The van der Waals surface area contributed by atoms with Gasteiger partial charge in [0.2, 0.25) is 0 Å². The fraction of sp³-hybridized carbons (Fsp3) is 0.222. The van der Waals surface area contributed by atoms with Crippen LogP contribution in [0.15, 0.2) is 36.7 Å². The molecular weight excluding hydrogens is 343 g/mol. The molecule has 0 bridgehead atoms. The molecule has 0 aliphatic carbocycles. The molecule has 1 heterocycles. The van der Waals surface area contributed by atoms with Crippen LogP contribution in [-0.4, -0.2) is 19.9 Å². The number of benzene rings is 1. The number of aromatic nitrogens is 4. The summed E-state index contributed by atoms with van der Waals surface area (Å²) in [6.45, 7) is 7.59. The van der Waals surface area contributed by atoms with Gasteiger partial charge in [0.15, 0.2) is 0 Å². The van der Waals surface area contributed by atoms with Gasteiger partial charge in [0.25, 0.3) is 0 Å². The summed E-state index contributed by atoms with van der Waals surface area (Å²) in [6.07, 6.45) is 3.30. The largest absolute Gasteiger partial charge is 0.260 e. The van der Waals surface area contributed by atoms with E-state index in [2.05, 4.69) is 19.9 Å². The fourth-order valence-electron chi connectivity index (χ4n) is 2.13. The highest BCUT2D eigenvalue weighted by molar-refractivity contribution is 6.42. The minimum absolute atomic E-state index is 0.441. The molecule has 0 amide bonds. The molecule has 0 fully saturated rings. The zero-order chi connectivity index (χ0) is 17.7. The first kappa shape index (κ1) is 18.3. The molecule has 0 saturated carbocycles. The van der Waals surface area contributed by atoms with Crippen molar-refractivity contribution >= 4 is 34.2 Å². The third-order valence-corrected chi connectivity index (χ3v) is 3.79. The molecule has 0 aliphatic heterocycles. The molecule has 1 aromatic carbocycles. The van der Waals surface area contributed by atoms with Crippen LogP contribution in [0.1, 0.15) is 22.8 Å². The Kier molecular flexibility index (Phi) is 6.23. The molecule has 124 valence electrons. The number of aryl methyl sites for hydroxylation is 4. The van der Waals surface area contributed by atoms with Crippen molar-refractivity contribution in [2.75, 3.05) is 0 Å². The van der Waals surface area contributed by atoms with Crippen molar-refractivity contribution in [3.63, 3.8) is 0 Å². The van der Waals surface area contributed by atoms with E-state index in [1.165, 1.54) is 0 Å². The molecular formula is C18H18Cl2N4. The van der Waals surface area contributed by atoms with E-state index in [1.807, 2.05) is 39.8 Å². The summed E-state index contributed by atoms with van der Waals surface area (Å²) in [4.78, 5) is 17.8. The fourth-order valence-corrected chi connectivity index (χ4v) is 2.45.